The van der Waals surface area contributed by atoms with E-state index in [-0.39, 0.29) is 0 Å². The molecule has 2 heterocycles. The van der Waals surface area contributed by atoms with E-state index >= 15 is 0 Å². The normalized spacial score (nSPS) is 16.2. The first-order valence-corrected chi connectivity index (χ1v) is 8.90. The maximum absolute atomic E-state index is 5.51. The predicted octanol–water partition coefficient (Wildman–Crippen LogP) is 3.06. The fourth-order valence-corrected chi connectivity index (χ4v) is 3.37. The number of rotatable bonds is 4. The summed E-state index contributed by atoms with van der Waals surface area (Å²) in [6, 6.07) is 14.5. The molecule has 0 aliphatic carbocycles. The Morgan fingerprint density at radius 2 is 1.96 bits per heavy atom. The Hall–Kier alpha value is -2.53. The molecule has 25 heavy (non-hydrogen) atoms. The van der Waals surface area contributed by atoms with Crippen LogP contribution >= 0.6 is 12.2 Å². The van der Waals surface area contributed by atoms with Gasteiger partial charge in [0.25, 0.3) is 0 Å². The summed E-state index contributed by atoms with van der Waals surface area (Å²) in [5, 5.41) is 6.76. The van der Waals surface area contributed by atoms with E-state index < -0.39 is 0 Å². The summed E-state index contributed by atoms with van der Waals surface area (Å²) >= 11 is 5.50. The van der Waals surface area contributed by atoms with Crippen molar-refractivity contribution in [3.05, 3.63) is 65.2 Å². The molecule has 128 valence electrons. The van der Waals surface area contributed by atoms with Crippen molar-refractivity contribution in [3.8, 4) is 11.5 Å². The Morgan fingerprint density at radius 3 is 2.80 bits per heavy atom. The van der Waals surface area contributed by atoms with E-state index in [9.17, 15) is 0 Å². The molecule has 5 heteroatoms. The van der Waals surface area contributed by atoms with Crippen LogP contribution in [0.25, 0.3) is 5.70 Å². The summed E-state index contributed by atoms with van der Waals surface area (Å²) in [4.78, 5) is 0.740. The Kier molecular flexibility index (Phi) is 4.57. The van der Waals surface area contributed by atoms with Gasteiger partial charge in [-0.05, 0) is 42.2 Å². The standard InChI is InChI=1S/C20H20N2O2S/c25-20(22-8-6-14-4-2-1-3-5-14)12-17-16-11-19-18(23-13-24-19)10-15(16)7-9-21-17/h1-5,10-12,21H,6-9,13H2,(H,22,25)/b17-12-. The third-order valence-electron chi connectivity index (χ3n) is 4.43. The molecule has 0 spiro atoms. The average Bonchev–Trinajstić information content (AvgIpc) is 3.08. The number of thiocarbonyl (C=S) groups is 1. The smallest absolute Gasteiger partial charge is 0.231 e. The lowest BCUT2D eigenvalue weighted by Gasteiger charge is -2.22. The van der Waals surface area contributed by atoms with Gasteiger partial charge >= 0.3 is 0 Å². The summed E-state index contributed by atoms with van der Waals surface area (Å²) in [5.41, 5.74) is 4.75. The topological polar surface area (TPSA) is 42.5 Å². The van der Waals surface area contributed by atoms with E-state index in [4.69, 9.17) is 21.7 Å². The van der Waals surface area contributed by atoms with Crippen LogP contribution in [0.3, 0.4) is 0 Å². The third-order valence-corrected chi connectivity index (χ3v) is 4.69. The van der Waals surface area contributed by atoms with E-state index in [0.29, 0.717) is 6.79 Å². The molecule has 0 saturated carbocycles. The van der Waals surface area contributed by atoms with Crippen LogP contribution in [-0.4, -0.2) is 24.9 Å². The van der Waals surface area contributed by atoms with Crippen LogP contribution in [0.1, 0.15) is 16.7 Å². The van der Waals surface area contributed by atoms with Crippen LogP contribution in [0.2, 0.25) is 0 Å². The SMILES string of the molecule is S=C(/C=C1\NCCc2cc3c(cc21)OCO3)NCCc1ccccc1. The lowest BCUT2D eigenvalue weighted by atomic mass is 9.97. The molecule has 0 unspecified atom stereocenters. The third kappa shape index (κ3) is 3.61. The van der Waals surface area contributed by atoms with Gasteiger partial charge in [0.15, 0.2) is 11.5 Å². The van der Waals surface area contributed by atoms with Gasteiger partial charge in [-0.1, -0.05) is 42.5 Å². The van der Waals surface area contributed by atoms with Crippen molar-refractivity contribution in [2.75, 3.05) is 19.9 Å². The highest BCUT2D eigenvalue weighted by atomic mass is 32.1. The van der Waals surface area contributed by atoms with Crippen molar-refractivity contribution < 1.29 is 9.47 Å². The molecule has 4 nitrogen and oxygen atoms in total. The van der Waals surface area contributed by atoms with Crippen molar-refractivity contribution in [2.24, 2.45) is 0 Å². The first-order chi connectivity index (χ1) is 12.3. The Labute approximate surface area is 152 Å². The van der Waals surface area contributed by atoms with Gasteiger partial charge in [-0.15, -0.1) is 0 Å². The van der Waals surface area contributed by atoms with Gasteiger partial charge in [-0.3, -0.25) is 0 Å². The van der Waals surface area contributed by atoms with Crippen molar-refractivity contribution >= 4 is 22.9 Å². The summed E-state index contributed by atoms with van der Waals surface area (Å²) < 4.78 is 11.0. The fourth-order valence-electron chi connectivity index (χ4n) is 3.15. The van der Waals surface area contributed by atoms with Crippen LogP contribution in [0.5, 0.6) is 11.5 Å². The summed E-state index contributed by atoms with van der Waals surface area (Å²) in [7, 11) is 0. The van der Waals surface area contributed by atoms with E-state index in [1.807, 2.05) is 18.2 Å². The second-order valence-corrected chi connectivity index (χ2v) is 6.56. The maximum Gasteiger partial charge on any atom is 0.231 e. The van der Waals surface area contributed by atoms with E-state index in [1.165, 1.54) is 11.1 Å². The molecular formula is C20H20N2O2S. The second-order valence-electron chi connectivity index (χ2n) is 6.12. The molecule has 2 aromatic carbocycles. The minimum atomic E-state index is 0.296. The maximum atomic E-state index is 5.51. The van der Waals surface area contributed by atoms with E-state index in [1.54, 1.807) is 0 Å². The first kappa shape index (κ1) is 16.0. The second kappa shape index (κ2) is 7.15. The molecule has 0 saturated heterocycles. The number of fused-ring (bicyclic) bond motifs is 2. The predicted molar refractivity (Wildman–Crippen MR) is 103 cm³/mol. The average molecular weight is 352 g/mol. The lowest BCUT2D eigenvalue weighted by Crippen LogP contribution is -2.27. The molecule has 0 radical (unpaired) electrons. The van der Waals surface area contributed by atoms with Gasteiger partial charge in [-0.2, -0.15) is 0 Å². The molecule has 2 aliphatic rings. The van der Waals surface area contributed by atoms with Crippen LogP contribution in [-0.2, 0) is 12.8 Å². The van der Waals surface area contributed by atoms with Crippen molar-refractivity contribution in [1.82, 2.24) is 10.6 Å². The van der Waals surface area contributed by atoms with Gasteiger partial charge in [-0.25, -0.2) is 0 Å². The molecule has 0 aromatic heterocycles. The van der Waals surface area contributed by atoms with Crippen molar-refractivity contribution in [1.29, 1.82) is 0 Å². The van der Waals surface area contributed by atoms with Gasteiger partial charge in [0, 0.05) is 24.4 Å². The van der Waals surface area contributed by atoms with Crippen LogP contribution in [0.15, 0.2) is 48.5 Å². The number of nitrogens with one attached hydrogen (secondary N) is 2. The Morgan fingerprint density at radius 1 is 1.16 bits per heavy atom. The molecule has 0 fully saturated rings. The van der Waals surface area contributed by atoms with E-state index in [2.05, 4.69) is 41.0 Å². The Balaban J connectivity index is 1.44. The minimum absolute atomic E-state index is 0.296. The summed E-state index contributed by atoms with van der Waals surface area (Å²) in [6.07, 6.45) is 3.92. The van der Waals surface area contributed by atoms with Crippen molar-refractivity contribution in [3.63, 3.8) is 0 Å². The molecule has 2 aromatic rings. The molecule has 2 N–H and O–H groups in total. The monoisotopic (exact) mass is 352 g/mol. The Bertz CT molecular complexity index is 818. The number of ether oxygens (including phenoxy) is 2. The van der Waals surface area contributed by atoms with Crippen LogP contribution in [0.4, 0.5) is 0 Å². The highest BCUT2D eigenvalue weighted by molar-refractivity contribution is 7.80. The van der Waals surface area contributed by atoms with Crippen LogP contribution < -0.4 is 20.1 Å². The van der Waals surface area contributed by atoms with Gasteiger partial charge in [0.05, 0.1) is 0 Å². The molecule has 0 amide bonds. The minimum Gasteiger partial charge on any atom is -0.454 e. The largest absolute Gasteiger partial charge is 0.454 e. The number of hydrogen-bond acceptors (Lipinski definition) is 4. The highest BCUT2D eigenvalue weighted by Crippen LogP contribution is 2.37. The first-order valence-electron chi connectivity index (χ1n) is 8.50. The summed E-state index contributed by atoms with van der Waals surface area (Å²) in [6.45, 7) is 2.01. The highest BCUT2D eigenvalue weighted by Gasteiger charge is 2.21. The van der Waals surface area contributed by atoms with Gasteiger partial charge in [0.1, 0.15) is 4.99 Å². The quantitative estimate of drug-likeness (QED) is 0.654. The fraction of sp³-hybridized carbons (Fsp3) is 0.250. The molecule has 2 aliphatic heterocycles. The molecule has 0 atom stereocenters. The number of hydrogen-bond donors (Lipinski definition) is 2. The lowest BCUT2D eigenvalue weighted by molar-refractivity contribution is 0.174. The zero-order chi connectivity index (χ0) is 17.1. The molecule has 0 bridgehead atoms. The van der Waals surface area contributed by atoms with Gasteiger partial charge in [0.2, 0.25) is 6.79 Å². The van der Waals surface area contributed by atoms with E-state index in [0.717, 1.165) is 53.7 Å². The number of benzene rings is 2. The zero-order valence-electron chi connectivity index (χ0n) is 13.9. The molecule has 4 rings (SSSR count). The van der Waals surface area contributed by atoms with Gasteiger partial charge < -0.3 is 20.1 Å². The van der Waals surface area contributed by atoms with Crippen molar-refractivity contribution in [2.45, 2.75) is 12.8 Å². The molecular weight excluding hydrogens is 332 g/mol. The zero-order valence-corrected chi connectivity index (χ0v) is 14.7. The summed E-state index contributed by atoms with van der Waals surface area (Å²) in [5.74, 6) is 1.64. The van der Waals surface area contributed by atoms with Crippen LogP contribution in [0, 0.1) is 0 Å².